The van der Waals surface area contributed by atoms with E-state index in [9.17, 15) is 14.4 Å². The zero-order valence-electron chi connectivity index (χ0n) is 14.8. The molecule has 2 aliphatic heterocycles. The lowest BCUT2D eigenvalue weighted by atomic mass is 9.92. The topological polar surface area (TPSA) is 96.5 Å². The minimum absolute atomic E-state index is 0.135. The molecule has 7 nitrogen and oxygen atoms in total. The Labute approximate surface area is 165 Å². The summed E-state index contributed by atoms with van der Waals surface area (Å²) in [7, 11) is 0. The van der Waals surface area contributed by atoms with Gasteiger partial charge in [0.15, 0.2) is 0 Å². The maximum atomic E-state index is 12.6. The summed E-state index contributed by atoms with van der Waals surface area (Å²) in [6, 6.07) is 11.4. The van der Waals surface area contributed by atoms with Crippen molar-refractivity contribution in [2.24, 2.45) is 0 Å². The number of ether oxygens (including phenoxy) is 1. The Morgan fingerprint density at radius 1 is 1.21 bits per heavy atom. The molecule has 2 heterocycles. The highest BCUT2D eigenvalue weighted by molar-refractivity contribution is 6.30. The van der Waals surface area contributed by atoms with Crippen molar-refractivity contribution < 1.29 is 19.1 Å². The summed E-state index contributed by atoms with van der Waals surface area (Å²) in [5.41, 5.74) is 1.03. The average Bonchev–Trinajstić information content (AvgIpc) is 2.94. The predicted molar refractivity (Wildman–Crippen MR) is 104 cm³/mol. The molecule has 0 radical (unpaired) electrons. The molecule has 0 unspecified atom stereocenters. The van der Waals surface area contributed by atoms with Gasteiger partial charge in [-0.05, 0) is 48.9 Å². The van der Waals surface area contributed by atoms with E-state index in [0.717, 1.165) is 5.56 Å². The molecule has 8 heteroatoms. The van der Waals surface area contributed by atoms with E-state index < -0.39 is 17.5 Å². The Morgan fingerprint density at radius 2 is 2.04 bits per heavy atom. The third-order valence-corrected chi connectivity index (χ3v) is 4.95. The molecule has 1 saturated heterocycles. The fourth-order valence-electron chi connectivity index (χ4n) is 3.15. The van der Waals surface area contributed by atoms with Gasteiger partial charge in [0.2, 0.25) is 0 Å². The normalized spacial score (nSPS) is 20.4. The molecule has 2 aromatic rings. The van der Waals surface area contributed by atoms with E-state index in [4.69, 9.17) is 16.3 Å². The number of amides is 4. The van der Waals surface area contributed by atoms with Gasteiger partial charge in [-0.3, -0.25) is 14.9 Å². The van der Waals surface area contributed by atoms with Crippen LogP contribution in [0.25, 0.3) is 6.08 Å². The number of benzene rings is 2. The van der Waals surface area contributed by atoms with Crippen molar-refractivity contribution in [2.75, 3.05) is 11.9 Å². The SMILES string of the molecule is C[C@@]1(c2cccc(NC(=O)C3=Cc4cc(Cl)ccc4OC3)c2)NC(=O)NC1=O. The van der Waals surface area contributed by atoms with Crippen LogP contribution in [0.15, 0.2) is 48.0 Å². The van der Waals surface area contributed by atoms with Crippen LogP contribution in [0.4, 0.5) is 10.5 Å². The second-order valence-corrected chi connectivity index (χ2v) is 7.15. The number of fused-ring (bicyclic) bond motifs is 1. The molecule has 0 spiro atoms. The molecule has 2 aromatic carbocycles. The van der Waals surface area contributed by atoms with Gasteiger partial charge in [0.1, 0.15) is 17.9 Å². The summed E-state index contributed by atoms with van der Waals surface area (Å²) < 4.78 is 5.61. The average molecular weight is 398 g/mol. The predicted octanol–water partition coefficient (Wildman–Crippen LogP) is 2.81. The summed E-state index contributed by atoms with van der Waals surface area (Å²) in [5, 5.41) is 8.17. The number of halogens is 1. The van der Waals surface area contributed by atoms with E-state index in [1.54, 1.807) is 55.5 Å². The standard InChI is InChI=1S/C20H16ClN3O4/c1-20(18(26)23-19(27)24-20)13-3-2-4-15(9-13)22-17(25)12-7-11-8-14(21)5-6-16(11)28-10-12/h2-9H,10H2,1H3,(H,22,25)(H2,23,24,26,27)/t20-/m0/s1. The van der Waals surface area contributed by atoms with Crippen LogP contribution in [0.5, 0.6) is 5.75 Å². The molecule has 2 aliphatic rings. The number of hydrogen-bond acceptors (Lipinski definition) is 4. The van der Waals surface area contributed by atoms with Crippen molar-refractivity contribution in [3.05, 3.63) is 64.2 Å². The van der Waals surface area contributed by atoms with Gasteiger partial charge in [-0.1, -0.05) is 23.7 Å². The van der Waals surface area contributed by atoms with Gasteiger partial charge in [0.05, 0.1) is 5.57 Å². The van der Waals surface area contributed by atoms with Crippen molar-refractivity contribution in [2.45, 2.75) is 12.5 Å². The molecule has 1 atom stereocenters. The van der Waals surface area contributed by atoms with E-state index >= 15 is 0 Å². The number of urea groups is 1. The number of rotatable bonds is 3. The molecular formula is C20H16ClN3O4. The van der Waals surface area contributed by atoms with Crippen molar-refractivity contribution >= 4 is 41.2 Å². The first-order valence-corrected chi connectivity index (χ1v) is 8.91. The van der Waals surface area contributed by atoms with Crippen molar-refractivity contribution in [3.8, 4) is 5.75 Å². The van der Waals surface area contributed by atoms with Crippen LogP contribution in [-0.2, 0) is 15.1 Å². The Balaban J connectivity index is 1.56. The Morgan fingerprint density at radius 3 is 2.79 bits per heavy atom. The third-order valence-electron chi connectivity index (χ3n) is 4.72. The number of imide groups is 1. The van der Waals surface area contributed by atoms with Crippen LogP contribution in [0.2, 0.25) is 5.02 Å². The van der Waals surface area contributed by atoms with E-state index in [1.165, 1.54) is 0 Å². The smallest absolute Gasteiger partial charge is 0.322 e. The van der Waals surface area contributed by atoms with Crippen molar-refractivity contribution in [3.63, 3.8) is 0 Å². The van der Waals surface area contributed by atoms with Crippen LogP contribution < -0.4 is 20.7 Å². The number of hydrogen-bond donors (Lipinski definition) is 3. The van der Waals surface area contributed by atoms with Gasteiger partial charge in [0.25, 0.3) is 11.8 Å². The number of carbonyl (C=O) groups excluding carboxylic acids is 3. The Hall–Kier alpha value is -3.32. The summed E-state index contributed by atoms with van der Waals surface area (Å²) in [6.45, 7) is 1.74. The zero-order valence-corrected chi connectivity index (χ0v) is 15.6. The molecule has 4 rings (SSSR count). The fourth-order valence-corrected chi connectivity index (χ4v) is 3.33. The first-order chi connectivity index (χ1) is 13.3. The third kappa shape index (κ3) is 3.20. The first-order valence-electron chi connectivity index (χ1n) is 8.53. The van der Waals surface area contributed by atoms with E-state index in [0.29, 0.717) is 27.6 Å². The minimum atomic E-state index is -1.19. The molecule has 0 bridgehead atoms. The second-order valence-electron chi connectivity index (χ2n) is 6.71. The van der Waals surface area contributed by atoms with Gasteiger partial charge >= 0.3 is 6.03 Å². The molecule has 0 aromatic heterocycles. The summed E-state index contributed by atoms with van der Waals surface area (Å²) in [5.74, 6) is -0.107. The van der Waals surface area contributed by atoms with Crippen molar-refractivity contribution in [1.82, 2.24) is 10.6 Å². The number of carbonyl (C=O) groups is 3. The Kier molecular flexibility index (Phi) is 4.31. The van der Waals surface area contributed by atoms with Gasteiger partial charge < -0.3 is 15.4 Å². The maximum absolute atomic E-state index is 12.6. The molecule has 4 amide bonds. The van der Waals surface area contributed by atoms with Crippen LogP contribution in [0.1, 0.15) is 18.1 Å². The second kappa shape index (κ2) is 6.69. The first kappa shape index (κ1) is 18.1. The zero-order chi connectivity index (χ0) is 19.9. The monoisotopic (exact) mass is 397 g/mol. The van der Waals surface area contributed by atoms with Gasteiger partial charge in [-0.15, -0.1) is 0 Å². The lowest BCUT2D eigenvalue weighted by Gasteiger charge is -2.22. The van der Waals surface area contributed by atoms with Gasteiger partial charge in [-0.25, -0.2) is 4.79 Å². The fraction of sp³-hybridized carbons (Fsp3) is 0.150. The highest BCUT2D eigenvalue weighted by Gasteiger charge is 2.43. The summed E-state index contributed by atoms with van der Waals surface area (Å²) in [4.78, 5) is 36.3. The number of anilines is 1. The largest absolute Gasteiger partial charge is 0.488 e. The highest BCUT2D eigenvalue weighted by Crippen LogP contribution is 2.30. The van der Waals surface area contributed by atoms with Crippen LogP contribution in [-0.4, -0.2) is 24.5 Å². The van der Waals surface area contributed by atoms with E-state index in [2.05, 4.69) is 16.0 Å². The quantitative estimate of drug-likeness (QED) is 0.694. The molecule has 1 fully saturated rings. The lowest BCUT2D eigenvalue weighted by molar-refractivity contribution is -0.123. The van der Waals surface area contributed by atoms with Crippen LogP contribution in [0, 0.1) is 0 Å². The number of nitrogens with one attached hydrogen (secondary N) is 3. The maximum Gasteiger partial charge on any atom is 0.322 e. The van der Waals surface area contributed by atoms with E-state index in [-0.39, 0.29) is 12.5 Å². The molecule has 142 valence electrons. The highest BCUT2D eigenvalue weighted by atomic mass is 35.5. The van der Waals surface area contributed by atoms with E-state index in [1.807, 2.05) is 0 Å². The Bertz CT molecular complexity index is 1050. The van der Waals surface area contributed by atoms with Crippen LogP contribution >= 0.6 is 11.6 Å². The molecular weight excluding hydrogens is 382 g/mol. The molecule has 28 heavy (non-hydrogen) atoms. The van der Waals surface area contributed by atoms with Crippen LogP contribution in [0.3, 0.4) is 0 Å². The summed E-state index contributed by atoms with van der Waals surface area (Å²) >= 11 is 6.00. The summed E-state index contributed by atoms with van der Waals surface area (Å²) in [6.07, 6.45) is 1.73. The van der Waals surface area contributed by atoms with Gasteiger partial charge in [0, 0.05) is 16.3 Å². The molecule has 3 N–H and O–H groups in total. The molecule has 0 aliphatic carbocycles. The van der Waals surface area contributed by atoms with Gasteiger partial charge in [-0.2, -0.15) is 0 Å². The minimum Gasteiger partial charge on any atom is -0.488 e. The van der Waals surface area contributed by atoms with Crippen molar-refractivity contribution in [1.29, 1.82) is 0 Å². The lowest BCUT2D eigenvalue weighted by Crippen LogP contribution is -2.40. The molecule has 0 saturated carbocycles.